The van der Waals surface area contributed by atoms with Crippen LogP contribution in [0.2, 0.25) is 0 Å². The number of carbonyl (C=O) groups excluding carboxylic acids is 1. The molecule has 0 unspecified atom stereocenters. The summed E-state index contributed by atoms with van der Waals surface area (Å²) in [4.78, 5) is 23.3. The van der Waals surface area contributed by atoms with Crippen molar-refractivity contribution >= 4 is 22.8 Å². The summed E-state index contributed by atoms with van der Waals surface area (Å²) in [5.74, 6) is 0. The molecule has 0 bridgehead atoms. The number of hydrogen-bond acceptors (Lipinski definition) is 5. The first-order valence-corrected chi connectivity index (χ1v) is 8.11. The predicted octanol–water partition coefficient (Wildman–Crippen LogP) is 3.64. The maximum atomic E-state index is 11.2. The van der Waals surface area contributed by atoms with Gasteiger partial charge in [0.1, 0.15) is 0 Å². The van der Waals surface area contributed by atoms with E-state index in [0.717, 1.165) is 59.3 Å². The van der Waals surface area contributed by atoms with E-state index in [1.165, 1.54) is 11.3 Å². The number of aromatic nitrogens is 2. The van der Waals surface area contributed by atoms with Crippen molar-refractivity contribution in [2.24, 2.45) is 0 Å². The molecule has 0 aliphatic rings. The molecule has 2 aromatic rings. The topological polar surface area (TPSA) is 46.1 Å². The van der Waals surface area contributed by atoms with Crippen molar-refractivity contribution < 1.29 is 4.79 Å². The summed E-state index contributed by atoms with van der Waals surface area (Å²) in [6.45, 7) is 7.74. The van der Waals surface area contributed by atoms with Crippen molar-refractivity contribution in [1.29, 1.82) is 0 Å². The number of nitrogens with zero attached hydrogens (tertiary/aromatic N) is 3. The largest absolute Gasteiger partial charge is 0.342 e. The number of hydrogen-bond donors (Lipinski definition) is 0. The molecular weight excluding hydrogens is 282 g/mol. The van der Waals surface area contributed by atoms with Gasteiger partial charge in [0.05, 0.1) is 22.8 Å². The zero-order chi connectivity index (χ0) is 15.2. The number of thiazole rings is 1. The lowest BCUT2D eigenvalue weighted by atomic mass is 10.2. The van der Waals surface area contributed by atoms with Crippen LogP contribution in [-0.2, 0) is 13.0 Å². The van der Waals surface area contributed by atoms with Gasteiger partial charge in [-0.3, -0.25) is 9.78 Å². The molecule has 0 saturated carbocycles. The van der Waals surface area contributed by atoms with Gasteiger partial charge in [-0.2, -0.15) is 0 Å². The highest BCUT2D eigenvalue weighted by molar-refractivity contribution is 7.17. The minimum absolute atomic E-state index is 0.718. The van der Waals surface area contributed by atoms with Gasteiger partial charge in [0.2, 0.25) is 0 Å². The number of carbonyl (C=O) groups is 1. The number of rotatable bonds is 7. The molecule has 2 heterocycles. The van der Waals surface area contributed by atoms with Crippen molar-refractivity contribution in [3.63, 3.8) is 0 Å². The maximum absolute atomic E-state index is 11.2. The lowest BCUT2D eigenvalue weighted by molar-refractivity contribution is 0.112. The lowest BCUT2D eigenvalue weighted by Gasteiger charge is -2.19. The lowest BCUT2D eigenvalue weighted by Crippen LogP contribution is -2.22. The molecule has 5 heteroatoms. The zero-order valence-corrected chi connectivity index (χ0v) is 13.6. The molecule has 112 valence electrons. The van der Waals surface area contributed by atoms with E-state index in [0.29, 0.717) is 0 Å². The van der Waals surface area contributed by atoms with Crippen molar-refractivity contribution in [3.05, 3.63) is 40.2 Å². The molecule has 0 aliphatic carbocycles. The number of anilines is 1. The van der Waals surface area contributed by atoms with Gasteiger partial charge in [-0.1, -0.05) is 30.7 Å². The molecule has 21 heavy (non-hydrogen) atoms. The molecule has 4 nitrogen and oxygen atoms in total. The van der Waals surface area contributed by atoms with Crippen molar-refractivity contribution in [1.82, 2.24) is 9.97 Å². The van der Waals surface area contributed by atoms with Crippen LogP contribution in [0.1, 0.15) is 47.0 Å². The predicted molar refractivity (Wildman–Crippen MR) is 87.2 cm³/mol. The van der Waals surface area contributed by atoms with Gasteiger partial charge in [0, 0.05) is 12.2 Å². The van der Waals surface area contributed by atoms with Crippen LogP contribution in [0.15, 0.2) is 18.2 Å². The quantitative estimate of drug-likeness (QED) is 0.733. The average Bonchev–Trinajstić information content (AvgIpc) is 2.88. The van der Waals surface area contributed by atoms with E-state index in [1.54, 1.807) is 0 Å². The van der Waals surface area contributed by atoms with Crippen molar-refractivity contribution in [2.75, 3.05) is 11.4 Å². The van der Waals surface area contributed by atoms with E-state index in [4.69, 9.17) is 0 Å². The Labute approximate surface area is 129 Å². The Hall–Kier alpha value is -1.75. The molecule has 0 aromatic carbocycles. The van der Waals surface area contributed by atoms with E-state index < -0.39 is 0 Å². The average molecular weight is 303 g/mol. The van der Waals surface area contributed by atoms with Crippen LogP contribution in [0.4, 0.5) is 5.13 Å². The monoisotopic (exact) mass is 303 g/mol. The molecular formula is C16H21N3OS. The highest BCUT2D eigenvalue weighted by atomic mass is 32.1. The van der Waals surface area contributed by atoms with Gasteiger partial charge in [-0.15, -0.1) is 0 Å². The molecule has 0 saturated heterocycles. The normalized spacial score (nSPS) is 10.6. The Bertz CT molecular complexity index is 609. The third kappa shape index (κ3) is 3.88. The number of aryl methyl sites for hydroxylation is 2. The van der Waals surface area contributed by atoms with Gasteiger partial charge in [-0.05, 0) is 32.4 Å². The summed E-state index contributed by atoms with van der Waals surface area (Å²) in [6, 6.07) is 6.04. The maximum Gasteiger partial charge on any atom is 0.186 e. The second-order valence-corrected chi connectivity index (χ2v) is 5.97. The first-order valence-electron chi connectivity index (χ1n) is 7.30. The van der Waals surface area contributed by atoms with Gasteiger partial charge in [-0.25, -0.2) is 4.98 Å². The summed E-state index contributed by atoms with van der Waals surface area (Å²) >= 11 is 1.47. The Kier molecular flexibility index (Phi) is 5.44. The highest BCUT2D eigenvalue weighted by Crippen LogP contribution is 2.27. The summed E-state index contributed by atoms with van der Waals surface area (Å²) in [7, 11) is 0. The second kappa shape index (κ2) is 7.31. The fraction of sp³-hybridized carbons (Fsp3) is 0.438. The molecule has 0 radical (unpaired) electrons. The second-order valence-electron chi connectivity index (χ2n) is 4.96. The molecule has 0 N–H and O–H groups in total. The minimum atomic E-state index is 0.718. The summed E-state index contributed by atoms with van der Waals surface area (Å²) in [5, 5.41) is 0.909. The third-order valence-electron chi connectivity index (χ3n) is 3.26. The standard InChI is InChI=1S/C16H21N3OS/c1-4-7-14-15(11-20)21-16(18-14)19(5-2)10-13-9-6-8-12(3)17-13/h6,8-9,11H,4-5,7,10H2,1-3H3. The number of pyridine rings is 1. The smallest absolute Gasteiger partial charge is 0.186 e. The van der Waals surface area contributed by atoms with E-state index in [2.05, 4.69) is 28.7 Å². The first kappa shape index (κ1) is 15.6. The first-order chi connectivity index (χ1) is 10.2. The molecule has 0 fully saturated rings. The van der Waals surface area contributed by atoms with Gasteiger partial charge in [0.15, 0.2) is 11.4 Å². The van der Waals surface area contributed by atoms with Crippen molar-refractivity contribution in [3.8, 4) is 0 Å². The molecule has 2 rings (SSSR count). The van der Waals surface area contributed by atoms with E-state index in [9.17, 15) is 4.79 Å². The van der Waals surface area contributed by atoms with E-state index in [-0.39, 0.29) is 0 Å². The van der Waals surface area contributed by atoms with Crippen LogP contribution in [0.3, 0.4) is 0 Å². The Morgan fingerprint density at radius 1 is 1.29 bits per heavy atom. The van der Waals surface area contributed by atoms with Crippen LogP contribution in [0.25, 0.3) is 0 Å². The minimum Gasteiger partial charge on any atom is -0.342 e. The Morgan fingerprint density at radius 2 is 2.10 bits per heavy atom. The molecule has 0 atom stereocenters. The summed E-state index contributed by atoms with van der Waals surface area (Å²) in [6.07, 6.45) is 2.77. The highest BCUT2D eigenvalue weighted by Gasteiger charge is 2.15. The van der Waals surface area contributed by atoms with E-state index >= 15 is 0 Å². The van der Waals surface area contributed by atoms with Gasteiger partial charge in [0.25, 0.3) is 0 Å². The van der Waals surface area contributed by atoms with Crippen LogP contribution >= 0.6 is 11.3 Å². The van der Waals surface area contributed by atoms with E-state index in [1.807, 2.05) is 25.1 Å². The Balaban J connectivity index is 2.22. The summed E-state index contributed by atoms with van der Waals surface area (Å²) < 4.78 is 0. The summed E-state index contributed by atoms with van der Waals surface area (Å²) in [5.41, 5.74) is 2.96. The SMILES string of the molecule is CCCc1nc(N(CC)Cc2cccc(C)n2)sc1C=O. The Morgan fingerprint density at radius 3 is 2.71 bits per heavy atom. The molecule has 0 spiro atoms. The van der Waals surface area contributed by atoms with Crippen molar-refractivity contribution in [2.45, 2.75) is 40.2 Å². The molecule has 2 aromatic heterocycles. The zero-order valence-electron chi connectivity index (χ0n) is 12.8. The molecule has 0 aliphatic heterocycles. The van der Waals surface area contributed by atoms with Crippen LogP contribution in [-0.4, -0.2) is 22.8 Å². The fourth-order valence-corrected chi connectivity index (χ4v) is 3.18. The van der Waals surface area contributed by atoms with Crippen LogP contribution < -0.4 is 4.90 Å². The van der Waals surface area contributed by atoms with Gasteiger partial charge < -0.3 is 4.90 Å². The number of aldehydes is 1. The fourth-order valence-electron chi connectivity index (χ4n) is 2.19. The van der Waals surface area contributed by atoms with Crippen LogP contribution in [0.5, 0.6) is 0 Å². The third-order valence-corrected chi connectivity index (χ3v) is 4.35. The van der Waals surface area contributed by atoms with Gasteiger partial charge >= 0.3 is 0 Å². The van der Waals surface area contributed by atoms with Crippen LogP contribution in [0, 0.1) is 6.92 Å². The molecule has 0 amide bonds.